The van der Waals surface area contributed by atoms with Crippen LogP contribution in [0.4, 0.5) is 4.39 Å². The zero-order valence-corrected chi connectivity index (χ0v) is 15.6. The predicted molar refractivity (Wildman–Crippen MR) is 107 cm³/mol. The van der Waals surface area contributed by atoms with Crippen LogP contribution in [-0.4, -0.2) is 10.2 Å². The summed E-state index contributed by atoms with van der Waals surface area (Å²) in [4.78, 5) is 12.3. The molecule has 1 aromatic heterocycles. The van der Waals surface area contributed by atoms with Crippen molar-refractivity contribution in [3.63, 3.8) is 0 Å². The summed E-state index contributed by atoms with van der Waals surface area (Å²) in [5, 5.41) is 5.68. The molecule has 2 N–H and O–H groups in total. The Kier molecular flexibility index (Phi) is 4.56. The van der Waals surface area contributed by atoms with Crippen LogP contribution in [0.15, 0.2) is 53.3 Å². The molecule has 4 heteroatoms. The Morgan fingerprint density at radius 3 is 2.41 bits per heavy atom. The van der Waals surface area contributed by atoms with Crippen LogP contribution >= 0.6 is 0 Å². The van der Waals surface area contributed by atoms with Crippen molar-refractivity contribution in [3.8, 4) is 0 Å². The maximum absolute atomic E-state index is 13.4. The quantitative estimate of drug-likeness (QED) is 0.665. The van der Waals surface area contributed by atoms with Gasteiger partial charge in [0.1, 0.15) is 5.82 Å². The van der Waals surface area contributed by atoms with Crippen LogP contribution in [0.25, 0.3) is 11.6 Å². The van der Waals surface area contributed by atoms with Crippen molar-refractivity contribution in [2.75, 3.05) is 0 Å². The molecule has 138 valence electrons. The molecule has 1 heterocycles. The highest BCUT2D eigenvalue weighted by atomic mass is 19.1. The third kappa shape index (κ3) is 3.52. The maximum atomic E-state index is 13.4. The monoisotopic (exact) mass is 362 g/mol. The number of rotatable bonds is 4. The lowest BCUT2D eigenvalue weighted by Gasteiger charge is -2.23. The van der Waals surface area contributed by atoms with E-state index in [2.05, 4.69) is 48.3 Å². The molecule has 0 fully saturated rings. The predicted octanol–water partition coefficient (Wildman–Crippen LogP) is 5.12. The Bertz CT molecular complexity index is 1020. The van der Waals surface area contributed by atoms with Crippen LogP contribution in [0.5, 0.6) is 0 Å². The van der Waals surface area contributed by atoms with Gasteiger partial charge >= 0.3 is 0 Å². The van der Waals surface area contributed by atoms with Gasteiger partial charge in [0.25, 0.3) is 5.56 Å². The van der Waals surface area contributed by atoms with Gasteiger partial charge in [-0.1, -0.05) is 50.2 Å². The highest BCUT2D eigenvalue weighted by Gasteiger charge is 2.27. The molecule has 4 rings (SSSR count). The standard InChI is InChI=1S/C23H23FN2O/c1-14(2)11-15-3-5-16(6-4-15)18-12-20(17-7-9-19(24)10-8-17)22-21(13-18)25-26-23(22)27/h3-10,13-14,20H,11-12H2,1-2H3,(H2,25,26,27). The Morgan fingerprint density at radius 2 is 1.74 bits per heavy atom. The topological polar surface area (TPSA) is 48.6 Å². The molecule has 27 heavy (non-hydrogen) atoms. The molecule has 3 nitrogen and oxygen atoms in total. The van der Waals surface area contributed by atoms with E-state index in [9.17, 15) is 9.18 Å². The zero-order valence-electron chi connectivity index (χ0n) is 15.6. The molecule has 1 atom stereocenters. The van der Waals surface area contributed by atoms with Crippen molar-refractivity contribution in [1.29, 1.82) is 0 Å². The molecule has 0 spiro atoms. The summed E-state index contributed by atoms with van der Waals surface area (Å²) < 4.78 is 13.4. The van der Waals surface area contributed by atoms with Crippen molar-refractivity contribution >= 4 is 11.6 Å². The first-order chi connectivity index (χ1) is 13.0. The molecule has 0 aliphatic heterocycles. The van der Waals surface area contributed by atoms with E-state index in [1.165, 1.54) is 23.3 Å². The van der Waals surface area contributed by atoms with Crippen LogP contribution < -0.4 is 5.56 Å². The number of hydrogen-bond acceptors (Lipinski definition) is 1. The first kappa shape index (κ1) is 17.5. The minimum atomic E-state index is -0.269. The summed E-state index contributed by atoms with van der Waals surface area (Å²) in [5.74, 6) is 0.264. The molecule has 1 unspecified atom stereocenters. The summed E-state index contributed by atoms with van der Waals surface area (Å²) in [6, 6.07) is 15.1. The van der Waals surface area contributed by atoms with Gasteiger partial charge in [-0.2, -0.15) is 0 Å². The second kappa shape index (κ2) is 7.03. The van der Waals surface area contributed by atoms with Crippen LogP contribution in [0.1, 0.15) is 54.1 Å². The Hall–Kier alpha value is -2.88. The van der Waals surface area contributed by atoms with Gasteiger partial charge in [-0.25, -0.2) is 4.39 Å². The molecular formula is C23H23FN2O. The minimum absolute atomic E-state index is 0.0917. The average molecular weight is 362 g/mol. The molecule has 0 saturated heterocycles. The molecule has 0 amide bonds. The molecule has 1 aliphatic rings. The molecule has 1 aliphatic carbocycles. The van der Waals surface area contributed by atoms with Gasteiger partial charge in [-0.05, 0) is 59.2 Å². The molecule has 2 aromatic carbocycles. The van der Waals surface area contributed by atoms with Gasteiger partial charge in [0.05, 0.1) is 11.3 Å². The molecular weight excluding hydrogens is 339 g/mol. The largest absolute Gasteiger partial charge is 0.298 e. The lowest BCUT2D eigenvalue weighted by molar-refractivity contribution is 0.626. The Balaban J connectivity index is 1.72. The summed E-state index contributed by atoms with van der Waals surface area (Å²) in [5.41, 5.74) is 6.02. The van der Waals surface area contributed by atoms with Crippen molar-refractivity contribution < 1.29 is 4.39 Å². The summed E-state index contributed by atoms with van der Waals surface area (Å²) >= 11 is 0. The number of H-pyrrole nitrogens is 2. The third-order valence-electron chi connectivity index (χ3n) is 5.18. The summed E-state index contributed by atoms with van der Waals surface area (Å²) in [6.07, 6.45) is 3.82. The van der Waals surface area contributed by atoms with E-state index in [-0.39, 0.29) is 17.3 Å². The van der Waals surface area contributed by atoms with E-state index >= 15 is 0 Å². The number of benzene rings is 2. The van der Waals surface area contributed by atoms with Gasteiger partial charge in [0.2, 0.25) is 0 Å². The van der Waals surface area contributed by atoms with Gasteiger partial charge < -0.3 is 0 Å². The van der Waals surface area contributed by atoms with Crippen LogP contribution in [0, 0.1) is 11.7 Å². The fourth-order valence-corrected chi connectivity index (χ4v) is 3.90. The SMILES string of the molecule is CC(C)Cc1ccc(C2=Cc3[nH][nH]c(=O)c3C(c3ccc(F)cc3)C2)cc1. The first-order valence-corrected chi connectivity index (χ1v) is 9.37. The Labute approximate surface area is 157 Å². The molecule has 0 saturated carbocycles. The van der Waals surface area contributed by atoms with E-state index in [0.29, 0.717) is 12.3 Å². The number of allylic oxidation sites excluding steroid dienone is 1. The maximum Gasteiger partial charge on any atom is 0.268 e. The van der Waals surface area contributed by atoms with Crippen molar-refractivity contribution in [3.05, 3.63) is 92.6 Å². The summed E-state index contributed by atoms with van der Waals surface area (Å²) in [7, 11) is 0. The highest BCUT2D eigenvalue weighted by Crippen LogP contribution is 2.39. The molecule has 3 aromatic rings. The van der Waals surface area contributed by atoms with E-state index in [1.54, 1.807) is 12.1 Å². The number of aromatic amines is 2. The summed E-state index contributed by atoms with van der Waals surface area (Å²) in [6.45, 7) is 4.43. The lowest BCUT2D eigenvalue weighted by Crippen LogP contribution is -2.16. The molecule has 0 radical (unpaired) electrons. The second-order valence-electron chi connectivity index (χ2n) is 7.68. The van der Waals surface area contributed by atoms with Gasteiger partial charge in [0.15, 0.2) is 0 Å². The van der Waals surface area contributed by atoms with Crippen molar-refractivity contribution in [2.24, 2.45) is 5.92 Å². The lowest BCUT2D eigenvalue weighted by atomic mass is 9.80. The Morgan fingerprint density at radius 1 is 1.04 bits per heavy atom. The second-order valence-corrected chi connectivity index (χ2v) is 7.68. The van der Waals surface area contributed by atoms with Crippen LogP contribution in [0.2, 0.25) is 0 Å². The normalized spacial score (nSPS) is 16.3. The molecule has 0 bridgehead atoms. The van der Waals surface area contributed by atoms with E-state index in [4.69, 9.17) is 0 Å². The van der Waals surface area contributed by atoms with Gasteiger partial charge in [-0.15, -0.1) is 0 Å². The van der Waals surface area contributed by atoms with Gasteiger partial charge in [-0.3, -0.25) is 15.0 Å². The van der Waals surface area contributed by atoms with E-state index in [0.717, 1.165) is 28.8 Å². The number of hydrogen-bond donors (Lipinski definition) is 2. The number of aromatic nitrogens is 2. The van der Waals surface area contributed by atoms with Crippen molar-refractivity contribution in [2.45, 2.75) is 32.6 Å². The number of fused-ring (bicyclic) bond motifs is 1. The van der Waals surface area contributed by atoms with E-state index < -0.39 is 0 Å². The number of halogens is 1. The van der Waals surface area contributed by atoms with E-state index in [1.807, 2.05) is 6.08 Å². The zero-order chi connectivity index (χ0) is 19.0. The fourth-order valence-electron chi connectivity index (χ4n) is 3.90. The smallest absolute Gasteiger partial charge is 0.268 e. The third-order valence-corrected chi connectivity index (χ3v) is 5.18. The van der Waals surface area contributed by atoms with Gasteiger partial charge in [0, 0.05) is 5.92 Å². The van der Waals surface area contributed by atoms with Crippen molar-refractivity contribution in [1.82, 2.24) is 10.2 Å². The average Bonchev–Trinajstić information content (AvgIpc) is 3.03. The number of nitrogens with one attached hydrogen (secondary N) is 2. The van der Waals surface area contributed by atoms with Crippen LogP contribution in [-0.2, 0) is 6.42 Å². The minimum Gasteiger partial charge on any atom is -0.298 e. The first-order valence-electron chi connectivity index (χ1n) is 9.37. The van der Waals surface area contributed by atoms with Crippen LogP contribution in [0.3, 0.4) is 0 Å². The fraction of sp³-hybridized carbons (Fsp3) is 0.261. The highest BCUT2D eigenvalue weighted by molar-refractivity contribution is 5.84.